The van der Waals surface area contributed by atoms with E-state index < -0.39 is 0 Å². The zero-order valence-corrected chi connectivity index (χ0v) is 13.7. The van der Waals surface area contributed by atoms with Crippen LogP contribution in [0.25, 0.3) is 0 Å². The molecule has 1 aliphatic heterocycles. The molecule has 100 valence electrons. The molecule has 0 saturated carbocycles. The van der Waals surface area contributed by atoms with Crippen molar-refractivity contribution in [2.75, 3.05) is 11.4 Å². The van der Waals surface area contributed by atoms with E-state index in [1.54, 1.807) is 4.88 Å². The van der Waals surface area contributed by atoms with Crippen molar-refractivity contribution in [2.24, 2.45) is 0 Å². The summed E-state index contributed by atoms with van der Waals surface area (Å²) in [6, 6.07) is 9.61. The molecule has 0 spiro atoms. The summed E-state index contributed by atoms with van der Waals surface area (Å²) in [6.07, 6.45) is 1.18. The molecular formula is C16H18BrNS. The number of aryl methyl sites for hydroxylation is 1. The molecular weight excluding hydrogens is 318 g/mol. The van der Waals surface area contributed by atoms with Crippen LogP contribution in [-0.4, -0.2) is 6.54 Å². The molecule has 0 amide bonds. The normalized spacial score (nSPS) is 18.5. The molecule has 1 aromatic heterocycles. The molecule has 0 saturated heterocycles. The van der Waals surface area contributed by atoms with Gasteiger partial charge in [-0.1, -0.05) is 22.0 Å². The molecule has 2 heterocycles. The van der Waals surface area contributed by atoms with E-state index in [9.17, 15) is 0 Å². The number of hydrogen-bond donors (Lipinski definition) is 0. The van der Waals surface area contributed by atoms with Crippen molar-refractivity contribution < 1.29 is 0 Å². The van der Waals surface area contributed by atoms with E-state index >= 15 is 0 Å². The second-order valence-corrected chi connectivity index (χ2v) is 6.72. The van der Waals surface area contributed by atoms with Gasteiger partial charge in [0.1, 0.15) is 0 Å². The lowest BCUT2D eigenvalue weighted by molar-refractivity contribution is 0.632. The SMILES string of the molecule is Cc1cc(N2CCc3sccc3C2C)ccc1CBr. The molecule has 0 aliphatic carbocycles. The number of fused-ring (bicyclic) bond motifs is 1. The minimum Gasteiger partial charge on any atom is -0.364 e. The van der Waals surface area contributed by atoms with Crippen molar-refractivity contribution in [3.05, 3.63) is 51.2 Å². The van der Waals surface area contributed by atoms with Gasteiger partial charge in [0, 0.05) is 22.4 Å². The van der Waals surface area contributed by atoms with Gasteiger partial charge in [-0.3, -0.25) is 0 Å². The topological polar surface area (TPSA) is 3.24 Å². The number of halogens is 1. The van der Waals surface area contributed by atoms with E-state index in [2.05, 4.69) is 64.3 Å². The van der Waals surface area contributed by atoms with Crippen molar-refractivity contribution in [2.45, 2.75) is 31.6 Å². The minimum atomic E-state index is 0.490. The lowest BCUT2D eigenvalue weighted by Crippen LogP contribution is -2.33. The molecule has 1 unspecified atom stereocenters. The zero-order valence-electron chi connectivity index (χ0n) is 11.3. The molecule has 1 aliphatic rings. The van der Waals surface area contributed by atoms with Gasteiger partial charge >= 0.3 is 0 Å². The molecule has 0 radical (unpaired) electrons. The van der Waals surface area contributed by atoms with Gasteiger partial charge in [-0.25, -0.2) is 0 Å². The fourth-order valence-electron chi connectivity index (χ4n) is 2.87. The largest absolute Gasteiger partial charge is 0.364 e. The number of hydrogen-bond acceptors (Lipinski definition) is 2. The van der Waals surface area contributed by atoms with Gasteiger partial charge in [-0.15, -0.1) is 11.3 Å². The highest BCUT2D eigenvalue weighted by Crippen LogP contribution is 2.36. The Balaban J connectivity index is 1.93. The summed E-state index contributed by atoms with van der Waals surface area (Å²) in [5.74, 6) is 0. The summed E-state index contributed by atoms with van der Waals surface area (Å²) in [5.41, 5.74) is 5.62. The Morgan fingerprint density at radius 2 is 2.21 bits per heavy atom. The first-order valence-electron chi connectivity index (χ1n) is 6.69. The van der Waals surface area contributed by atoms with Crippen molar-refractivity contribution in [3.8, 4) is 0 Å². The Hall–Kier alpha value is -0.800. The second-order valence-electron chi connectivity index (χ2n) is 5.16. The number of anilines is 1. The van der Waals surface area contributed by atoms with E-state index in [-0.39, 0.29) is 0 Å². The number of rotatable bonds is 2. The average Bonchev–Trinajstić information content (AvgIpc) is 2.88. The highest BCUT2D eigenvalue weighted by molar-refractivity contribution is 9.08. The third-order valence-electron chi connectivity index (χ3n) is 4.08. The standard InChI is InChI=1S/C16H18BrNS/c1-11-9-14(4-3-13(11)10-17)18-7-5-16-15(12(18)2)6-8-19-16/h3-4,6,8-9,12H,5,7,10H2,1-2H3. The lowest BCUT2D eigenvalue weighted by Gasteiger charge is -2.36. The third-order valence-corrected chi connectivity index (χ3v) is 5.68. The van der Waals surface area contributed by atoms with Crippen LogP contribution in [0.15, 0.2) is 29.6 Å². The quantitative estimate of drug-likeness (QED) is 0.692. The highest BCUT2D eigenvalue weighted by Gasteiger charge is 2.24. The van der Waals surface area contributed by atoms with Crippen LogP contribution in [0.4, 0.5) is 5.69 Å². The van der Waals surface area contributed by atoms with Gasteiger partial charge in [-0.05, 0) is 60.5 Å². The average molecular weight is 336 g/mol. The van der Waals surface area contributed by atoms with Crippen LogP contribution in [0, 0.1) is 6.92 Å². The van der Waals surface area contributed by atoms with Crippen LogP contribution in [-0.2, 0) is 11.8 Å². The Bertz CT molecular complexity index is 590. The predicted octanol–water partition coefficient (Wildman–Crippen LogP) is 5.08. The predicted molar refractivity (Wildman–Crippen MR) is 87.6 cm³/mol. The monoisotopic (exact) mass is 335 g/mol. The van der Waals surface area contributed by atoms with Crippen LogP contribution in [0.2, 0.25) is 0 Å². The molecule has 19 heavy (non-hydrogen) atoms. The van der Waals surface area contributed by atoms with E-state index in [1.807, 2.05) is 11.3 Å². The van der Waals surface area contributed by atoms with Gasteiger partial charge in [0.15, 0.2) is 0 Å². The zero-order chi connectivity index (χ0) is 13.4. The van der Waals surface area contributed by atoms with E-state index in [4.69, 9.17) is 0 Å². The number of alkyl halides is 1. The summed E-state index contributed by atoms with van der Waals surface area (Å²) >= 11 is 5.45. The van der Waals surface area contributed by atoms with Gasteiger partial charge in [0.05, 0.1) is 6.04 Å². The maximum atomic E-state index is 3.54. The van der Waals surface area contributed by atoms with Gasteiger partial charge in [-0.2, -0.15) is 0 Å². The van der Waals surface area contributed by atoms with Crippen LogP contribution < -0.4 is 4.90 Å². The van der Waals surface area contributed by atoms with Crippen molar-refractivity contribution >= 4 is 33.0 Å². The first-order valence-corrected chi connectivity index (χ1v) is 8.69. The molecule has 3 rings (SSSR count). The Labute approximate surface area is 127 Å². The summed E-state index contributed by atoms with van der Waals surface area (Å²) in [5, 5.41) is 3.16. The van der Waals surface area contributed by atoms with Crippen molar-refractivity contribution in [1.82, 2.24) is 0 Å². The van der Waals surface area contributed by atoms with Crippen LogP contribution >= 0.6 is 27.3 Å². The minimum absolute atomic E-state index is 0.490. The number of benzene rings is 1. The molecule has 0 bridgehead atoms. The summed E-state index contributed by atoms with van der Waals surface area (Å²) < 4.78 is 0. The first kappa shape index (κ1) is 13.2. The molecule has 2 aromatic rings. The second kappa shape index (κ2) is 5.29. The summed E-state index contributed by atoms with van der Waals surface area (Å²) in [7, 11) is 0. The Morgan fingerprint density at radius 3 is 2.95 bits per heavy atom. The Kier molecular flexibility index (Phi) is 3.68. The number of thiophene rings is 1. The number of nitrogens with zero attached hydrogens (tertiary/aromatic N) is 1. The van der Waals surface area contributed by atoms with Crippen LogP contribution in [0.5, 0.6) is 0 Å². The van der Waals surface area contributed by atoms with Crippen molar-refractivity contribution in [1.29, 1.82) is 0 Å². The smallest absolute Gasteiger partial charge is 0.0525 e. The van der Waals surface area contributed by atoms with Gasteiger partial charge < -0.3 is 4.90 Å². The fraction of sp³-hybridized carbons (Fsp3) is 0.375. The van der Waals surface area contributed by atoms with Crippen molar-refractivity contribution in [3.63, 3.8) is 0 Å². The van der Waals surface area contributed by atoms with E-state index in [0.29, 0.717) is 6.04 Å². The van der Waals surface area contributed by atoms with Crippen LogP contribution in [0.3, 0.4) is 0 Å². The molecule has 0 fully saturated rings. The molecule has 1 aromatic carbocycles. The summed E-state index contributed by atoms with van der Waals surface area (Å²) in [6.45, 7) is 5.64. The van der Waals surface area contributed by atoms with Crippen LogP contribution in [0.1, 0.15) is 34.5 Å². The molecule has 0 N–H and O–H groups in total. The maximum Gasteiger partial charge on any atom is 0.0525 e. The summed E-state index contributed by atoms with van der Waals surface area (Å²) in [4.78, 5) is 4.10. The molecule has 1 atom stereocenters. The fourth-order valence-corrected chi connectivity index (χ4v) is 4.46. The van der Waals surface area contributed by atoms with E-state index in [1.165, 1.54) is 28.8 Å². The maximum absolute atomic E-state index is 3.54. The highest BCUT2D eigenvalue weighted by atomic mass is 79.9. The lowest BCUT2D eigenvalue weighted by atomic mass is 9.99. The first-order chi connectivity index (χ1) is 9.20. The van der Waals surface area contributed by atoms with E-state index in [0.717, 1.165) is 11.9 Å². The van der Waals surface area contributed by atoms with Gasteiger partial charge in [0.25, 0.3) is 0 Å². The molecule has 3 heteroatoms. The third kappa shape index (κ3) is 2.34. The molecule has 1 nitrogen and oxygen atoms in total. The Morgan fingerprint density at radius 1 is 1.37 bits per heavy atom. The van der Waals surface area contributed by atoms with Gasteiger partial charge in [0.2, 0.25) is 0 Å².